The third kappa shape index (κ3) is 5.85. The second kappa shape index (κ2) is 12.2. The molecule has 1 unspecified atom stereocenters. The minimum Gasteiger partial charge on any atom is -0.463 e. The standard InChI is InChI=1S/C30H30N4O6/c1-4-16-33-27(20-10-7-6-8-11-20)25(29(36)40-5-2)26(32-30(33)37)21-12-9-13-23(17-21)31-28(35)22-15-14-19(3)24(18-22)34(38)39/h6-15,17-18,26H,4-5,16H2,1-3H3,(H,31,35)(H,32,37). The van der Waals surface area contributed by atoms with E-state index in [2.05, 4.69) is 10.6 Å². The number of amides is 3. The lowest BCUT2D eigenvalue weighted by Crippen LogP contribution is -2.48. The Morgan fingerprint density at radius 2 is 1.80 bits per heavy atom. The van der Waals surface area contributed by atoms with Crippen LogP contribution in [-0.4, -0.2) is 40.9 Å². The van der Waals surface area contributed by atoms with Crippen LogP contribution in [0.5, 0.6) is 0 Å². The molecule has 0 fully saturated rings. The van der Waals surface area contributed by atoms with E-state index in [9.17, 15) is 24.5 Å². The van der Waals surface area contributed by atoms with Gasteiger partial charge in [0.1, 0.15) is 0 Å². The van der Waals surface area contributed by atoms with E-state index in [1.807, 2.05) is 37.3 Å². The molecule has 1 atom stereocenters. The number of nitrogens with one attached hydrogen (secondary N) is 2. The van der Waals surface area contributed by atoms with Crippen LogP contribution in [0, 0.1) is 17.0 Å². The number of benzene rings is 3. The van der Waals surface area contributed by atoms with Crippen LogP contribution in [0.25, 0.3) is 5.70 Å². The van der Waals surface area contributed by atoms with Crippen molar-refractivity contribution in [2.24, 2.45) is 0 Å². The number of carbonyl (C=O) groups excluding carboxylic acids is 3. The number of nitro benzene ring substituents is 1. The van der Waals surface area contributed by atoms with Gasteiger partial charge in [0.25, 0.3) is 11.6 Å². The minimum absolute atomic E-state index is 0.127. The van der Waals surface area contributed by atoms with Crippen molar-refractivity contribution in [2.75, 3.05) is 18.5 Å². The lowest BCUT2D eigenvalue weighted by atomic mass is 9.91. The van der Waals surface area contributed by atoms with Gasteiger partial charge in [0.15, 0.2) is 0 Å². The van der Waals surface area contributed by atoms with Crippen molar-refractivity contribution >= 4 is 35.0 Å². The molecule has 0 spiro atoms. The molecule has 1 aliphatic rings. The molecule has 3 aromatic rings. The fourth-order valence-corrected chi connectivity index (χ4v) is 4.62. The minimum atomic E-state index is -0.854. The molecule has 0 bridgehead atoms. The molecule has 2 N–H and O–H groups in total. The topological polar surface area (TPSA) is 131 Å². The zero-order chi connectivity index (χ0) is 28.8. The predicted octanol–water partition coefficient (Wildman–Crippen LogP) is 5.61. The van der Waals surface area contributed by atoms with E-state index in [4.69, 9.17) is 4.74 Å². The van der Waals surface area contributed by atoms with Crippen LogP contribution in [0.2, 0.25) is 0 Å². The smallest absolute Gasteiger partial charge is 0.338 e. The number of nitro groups is 1. The number of rotatable bonds is 9. The number of nitrogens with zero attached hydrogens (tertiary/aromatic N) is 2. The zero-order valence-corrected chi connectivity index (χ0v) is 22.5. The largest absolute Gasteiger partial charge is 0.463 e. The summed E-state index contributed by atoms with van der Waals surface area (Å²) in [5, 5.41) is 17.0. The van der Waals surface area contributed by atoms with Crippen molar-refractivity contribution < 1.29 is 24.0 Å². The first-order valence-corrected chi connectivity index (χ1v) is 13.0. The van der Waals surface area contributed by atoms with Gasteiger partial charge in [-0.15, -0.1) is 0 Å². The summed E-state index contributed by atoms with van der Waals surface area (Å²) in [4.78, 5) is 52.0. The lowest BCUT2D eigenvalue weighted by Gasteiger charge is -2.37. The summed E-state index contributed by atoms with van der Waals surface area (Å²) in [6.45, 7) is 5.80. The number of hydrogen-bond donors (Lipinski definition) is 2. The van der Waals surface area contributed by atoms with Gasteiger partial charge in [0, 0.05) is 29.4 Å². The van der Waals surface area contributed by atoms with E-state index >= 15 is 0 Å². The Balaban J connectivity index is 1.76. The summed E-state index contributed by atoms with van der Waals surface area (Å²) < 4.78 is 5.44. The number of ether oxygens (including phenoxy) is 1. The predicted molar refractivity (Wildman–Crippen MR) is 150 cm³/mol. The van der Waals surface area contributed by atoms with Crippen LogP contribution in [0.4, 0.5) is 16.2 Å². The maximum Gasteiger partial charge on any atom is 0.338 e. The highest BCUT2D eigenvalue weighted by atomic mass is 16.6. The Kier molecular flexibility index (Phi) is 8.58. The first-order valence-electron chi connectivity index (χ1n) is 13.0. The quantitative estimate of drug-likeness (QED) is 0.205. The van der Waals surface area contributed by atoms with Gasteiger partial charge in [0.05, 0.1) is 28.8 Å². The van der Waals surface area contributed by atoms with Crippen LogP contribution in [0.15, 0.2) is 78.4 Å². The van der Waals surface area contributed by atoms with E-state index < -0.39 is 22.8 Å². The summed E-state index contributed by atoms with van der Waals surface area (Å²) in [6.07, 6.45) is 0.670. The molecular formula is C30H30N4O6. The Morgan fingerprint density at radius 1 is 1.05 bits per heavy atom. The van der Waals surface area contributed by atoms with E-state index in [0.717, 1.165) is 0 Å². The van der Waals surface area contributed by atoms with Crippen LogP contribution in [0.1, 0.15) is 53.4 Å². The average Bonchev–Trinajstić information content (AvgIpc) is 2.94. The third-order valence-electron chi connectivity index (χ3n) is 6.46. The molecule has 1 heterocycles. The SMILES string of the molecule is CCCN1C(=O)NC(c2cccc(NC(=O)c3ccc(C)c([N+](=O)[O-])c3)c2)C(C(=O)OCC)=C1c1ccccc1. The molecule has 0 saturated heterocycles. The van der Waals surface area contributed by atoms with Crippen molar-refractivity contribution in [2.45, 2.75) is 33.2 Å². The second-order valence-corrected chi connectivity index (χ2v) is 9.22. The lowest BCUT2D eigenvalue weighted by molar-refractivity contribution is -0.385. The number of carbonyl (C=O) groups is 3. The monoisotopic (exact) mass is 542 g/mol. The first-order chi connectivity index (χ1) is 19.2. The van der Waals surface area contributed by atoms with Gasteiger partial charge in [-0.2, -0.15) is 0 Å². The van der Waals surface area contributed by atoms with Crippen molar-refractivity contribution in [3.05, 3.63) is 111 Å². The molecule has 0 aliphatic carbocycles. The molecule has 0 saturated carbocycles. The fraction of sp³-hybridized carbons (Fsp3) is 0.233. The maximum atomic E-state index is 13.4. The van der Waals surface area contributed by atoms with E-state index in [1.165, 1.54) is 18.2 Å². The van der Waals surface area contributed by atoms with E-state index in [0.29, 0.717) is 41.0 Å². The van der Waals surface area contributed by atoms with Crippen molar-refractivity contribution in [1.82, 2.24) is 10.2 Å². The Labute approximate surface area is 231 Å². The third-order valence-corrected chi connectivity index (χ3v) is 6.46. The Bertz CT molecular complexity index is 1480. The van der Waals surface area contributed by atoms with E-state index in [-0.39, 0.29) is 29.5 Å². The summed E-state index contributed by atoms with van der Waals surface area (Å²) in [5.74, 6) is -1.10. The first kappa shape index (κ1) is 28.0. The molecule has 4 rings (SSSR count). The summed E-state index contributed by atoms with van der Waals surface area (Å²) in [6, 6.07) is 19.0. The molecule has 3 amide bonds. The van der Waals surface area contributed by atoms with E-state index in [1.54, 1.807) is 43.0 Å². The highest BCUT2D eigenvalue weighted by Crippen LogP contribution is 2.37. The Morgan fingerprint density at radius 3 is 2.48 bits per heavy atom. The Hall–Kier alpha value is -4.99. The number of hydrogen-bond acceptors (Lipinski definition) is 6. The van der Waals surface area contributed by atoms with Gasteiger partial charge in [-0.1, -0.05) is 55.5 Å². The number of aryl methyl sites for hydroxylation is 1. The van der Waals surface area contributed by atoms with Gasteiger partial charge in [-0.05, 0) is 49.6 Å². The number of esters is 1. The summed E-state index contributed by atoms with van der Waals surface area (Å²) in [5.41, 5.74) is 2.80. The highest BCUT2D eigenvalue weighted by molar-refractivity contribution is 6.06. The van der Waals surface area contributed by atoms with Gasteiger partial charge < -0.3 is 15.4 Å². The molecule has 3 aromatic carbocycles. The molecule has 1 aliphatic heterocycles. The van der Waals surface area contributed by atoms with Gasteiger partial charge in [0.2, 0.25) is 0 Å². The van der Waals surface area contributed by atoms with Crippen molar-refractivity contribution in [3.63, 3.8) is 0 Å². The van der Waals surface area contributed by atoms with Gasteiger partial charge in [-0.25, -0.2) is 9.59 Å². The molecule has 10 heteroatoms. The van der Waals surface area contributed by atoms with Gasteiger partial charge >= 0.3 is 12.0 Å². The molecule has 0 radical (unpaired) electrons. The second-order valence-electron chi connectivity index (χ2n) is 9.22. The van der Waals surface area contributed by atoms with Crippen LogP contribution < -0.4 is 10.6 Å². The number of anilines is 1. The molecule has 40 heavy (non-hydrogen) atoms. The van der Waals surface area contributed by atoms with Crippen LogP contribution in [0.3, 0.4) is 0 Å². The van der Waals surface area contributed by atoms with Crippen molar-refractivity contribution in [3.8, 4) is 0 Å². The number of urea groups is 1. The molecule has 206 valence electrons. The van der Waals surface area contributed by atoms with Gasteiger partial charge in [-0.3, -0.25) is 19.8 Å². The van der Waals surface area contributed by atoms with Crippen molar-refractivity contribution in [1.29, 1.82) is 0 Å². The molecular weight excluding hydrogens is 512 g/mol. The highest BCUT2D eigenvalue weighted by Gasteiger charge is 2.38. The molecule has 0 aromatic heterocycles. The average molecular weight is 543 g/mol. The van der Waals surface area contributed by atoms with Crippen LogP contribution >= 0.6 is 0 Å². The summed E-state index contributed by atoms with van der Waals surface area (Å²) in [7, 11) is 0. The fourth-order valence-electron chi connectivity index (χ4n) is 4.62. The zero-order valence-electron chi connectivity index (χ0n) is 22.5. The maximum absolute atomic E-state index is 13.4. The molecule has 10 nitrogen and oxygen atoms in total. The summed E-state index contributed by atoms with van der Waals surface area (Å²) >= 11 is 0. The van der Waals surface area contributed by atoms with Crippen LogP contribution in [-0.2, 0) is 9.53 Å². The normalized spacial score (nSPS) is 14.9.